The number of hydrogen-bond acceptors (Lipinski definition) is 6. The Labute approximate surface area is 216 Å². The normalized spacial score (nSPS) is 11.6. The first-order valence-corrected chi connectivity index (χ1v) is 13.6. The highest BCUT2D eigenvalue weighted by atomic mass is 79.9. The maximum Gasteiger partial charge on any atom is 0.260 e. The Morgan fingerprint density at radius 1 is 1.09 bits per heavy atom. The molecule has 0 saturated heterocycles. The van der Waals surface area contributed by atoms with Crippen molar-refractivity contribution < 1.29 is 17.6 Å². The fourth-order valence-corrected chi connectivity index (χ4v) is 6.32. The minimum absolute atomic E-state index is 0.0835. The van der Waals surface area contributed by atoms with E-state index in [1.165, 1.54) is 57.0 Å². The Bertz CT molecular complexity index is 1450. The van der Waals surface area contributed by atoms with Gasteiger partial charge in [0, 0.05) is 23.1 Å². The van der Waals surface area contributed by atoms with Gasteiger partial charge in [0.25, 0.3) is 5.91 Å². The summed E-state index contributed by atoms with van der Waals surface area (Å²) in [5.74, 6) is 0.278. The molecule has 2 heterocycles. The predicted octanol–water partition coefficient (Wildman–Crippen LogP) is 5.86. The Kier molecular flexibility index (Phi) is 7.66. The lowest BCUT2D eigenvalue weighted by Crippen LogP contribution is -2.32. The number of aromatic nitrogens is 1. The number of carbonyl (C=O) groups is 1. The molecule has 2 aromatic heterocycles. The highest BCUT2D eigenvalue weighted by Crippen LogP contribution is 2.32. The van der Waals surface area contributed by atoms with E-state index in [-0.39, 0.29) is 30.4 Å². The molecule has 0 radical (unpaired) electrons. The molecule has 0 aliphatic rings. The molecule has 0 spiro atoms. The molecule has 0 aliphatic carbocycles. The van der Waals surface area contributed by atoms with Gasteiger partial charge >= 0.3 is 0 Å². The first kappa shape index (κ1) is 25.1. The number of anilines is 1. The van der Waals surface area contributed by atoms with Crippen molar-refractivity contribution in [1.29, 1.82) is 0 Å². The molecule has 180 valence electrons. The minimum atomic E-state index is -3.77. The topological polar surface area (TPSA) is 83.7 Å². The molecular formula is C25H22BrN3O4S2. The second-order valence-electron chi connectivity index (χ2n) is 7.50. The highest BCUT2D eigenvalue weighted by Gasteiger charge is 2.25. The highest BCUT2D eigenvalue weighted by molar-refractivity contribution is 9.10. The van der Waals surface area contributed by atoms with Crippen LogP contribution in [-0.2, 0) is 16.6 Å². The van der Waals surface area contributed by atoms with Crippen molar-refractivity contribution in [3.8, 4) is 0 Å². The van der Waals surface area contributed by atoms with E-state index in [1.54, 1.807) is 18.4 Å². The first-order valence-electron chi connectivity index (χ1n) is 10.6. The largest absolute Gasteiger partial charge is 0.467 e. The summed E-state index contributed by atoms with van der Waals surface area (Å²) < 4.78 is 34.6. The number of sulfonamides is 1. The molecule has 35 heavy (non-hydrogen) atoms. The van der Waals surface area contributed by atoms with Crippen molar-refractivity contribution in [2.45, 2.75) is 11.4 Å². The van der Waals surface area contributed by atoms with E-state index in [4.69, 9.17) is 4.42 Å². The van der Waals surface area contributed by atoms with E-state index in [0.717, 1.165) is 14.7 Å². The summed E-state index contributed by atoms with van der Waals surface area (Å²) in [5, 5.41) is 0.513. The molecule has 4 aromatic rings. The smallest absolute Gasteiger partial charge is 0.260 e. The lowest BCUT2D eigenvalue weighted by Gasteiger charge is -2.20. The number of hydrogen-bond donors (Lipinski definition) is 0. The van der Waals surface area contributed by atoms with Gasteiger partial charge in [0.2, 0.25) is 10.0 Å². The Hall–Kier alpha value is -3.05. The van der Waals surface area contributed by atoms with Crippen molar-refractivity contribution in [2.24, 2.45) is 0 Å². The molecule has 2 aromatic carbocycles. The number of furan rings is 1. The molecule has 0 N–H and O–H groups in total. The van der Waals surface area contributed by atoms with Crippen LogP contribution in [-0.4, -0.2) is 36.7 Å². The number of halogens is 1. The molecule has 0 unspecified atom stereocenters. The lowest BCUT2D eigenvalue weighted by atomic mass is 10.2. The summed E-state index contributed by atoms with van der Waals surface area (Å²) in [6.45, 7) is 7.73. The Morgan fingerprint density at radius 2 is 1.80 bits per heavy atom. The van der Waals surface area contributed by atoms with Gasteiger partial charge in [-0.2, -0.15) is 4.31 Å². The number of fused-ring (bicyclic) bond motifs is 1. The van der Waals surface area contributed by atoms with Crippen LogP contribution in [0.15, 0.2) is 100.0 Å². The van der Waals surface area contributed by atoms with E-state index in [1.807, 2.05) is 18.2 Å². The van der Waals surface area contributed by atoms with Crippen LogP contribution in [0.3, 0.4) is 0 Å². The zero-order valence-corrected chi connectivity index (χ0v) is 21.9. The van der Waals surface area contributed by atoms with E-state index < -0.39 is 10.0 Å². The van der Waals surface area contributed by atoms with Crippen molar-refractivity contribution >= 4 is 58.5 Å². The Morgan fingerprint density at radius 3 is 2.43 bits per heavy atom. The molecule has 0 aliphatic heterocycles. The summed E-state index contributed by atoms with van der Waals surface area (Å²) in [6, 6.07) is 15.1. The SMILES string of the molecule is C=CCN(CC=C)S(=O)(=O)c1ccc(C(=O)N(Cc2ccco2)c2nc3ccc(Br)cc3s2)cc1. The van der Waals surface area contributed by atoms with E-state index in [0.29, 0.717) is 16.5 Å². The van der Waals surface area contributed by atoms with Gasteiger partial charge in [-0.15, -0.1) is 13.2 Å². The number of thiazole rings is 1. The second kappa shape index (κ2) is 10.7. The van der Waals surface area contributed by atoms with E-state index >= 15 is 0 Å². The van der Waals surface area contributed by atoms with Gasteiger partial charge in [-0.1, -0.05) is 39.4 Å². The van der Waals surface area contributed by atoms with Crippen LogP contribution in [0.25, 0.3) is 10.2 Å². The fourth-order valence-electron chi connectivity index (χ4n) is 3.42. The van der Waals surface area contributed by atoms with Crippen molar-refractivity contribution in [2.75, 3.05) is 18.0 Å². The summed E-state index contributed by atoms with van der Waals surface area (Å²) in [7, 11) is -3.77. The summed E-state index contributed by atoms with van der Waals surface area (Å²) in [5.41, 5.74) is 1.10. The quantitative estimate of drug-likeness (QED) is 0.222. The monoisotopic (exact) mass is 571 g/mol. The first-order chi connectivity index (χ1) is 16.8. The van der Waals surface area contributed by atoms with Gasteiger partial charge in [-0.3, -0.25) is 9.69 Å². The number of nitrogens with zero attached hydrogens (tertiary/aromatic N) is 3. The molecule has 0 atom stereocenters. The lowest BCUT2D eigenvalue weighted by molar-refractivity contribution is 0.0983. The average molecular weight is 573 g/mol. The standard InChI is InChI=1S/C25H22BrN3O4S2/c1-3-13-28(14-4-2)35(31,32)21-10-7-18(8-11-21)24(30)29(17-20-6-5-15-33-20)25-27-22-12-9-19(26)16-23(22)34-25/h3-12,15-16H,1-2,13-14,17H2. The molecule has 10 heteroatoms. The second-order valence-corrected chi connectivity index (χ2v) is 11.4. The van der Waals surface area contributed by atoms with Gasteiger partial charge in [-0.05, 0) is 54.6 Å². The van der Waals surface area contributed by atoms with Crippen molar-refractivity contribution in [3.05, 3.63) is 102 Å². The number of benzene rings is 2. The number of rotatable bonds is 10. The molecule has 1 amide bonds. The van der Waals surface area contributed by atoms with Crippen molar-refractivity contribution in [3.63, 3.8) is 0 Å². The minimum Gasteiger partial charge on any atom is -0.467 e. The van der Waals surface area contributed by atoms with Crippen LogP contribution in [0.2, 0.25) is 0 Å². The summed E-state index contributed by atoms with van der Waals surface area (Å²) >= 11 is 4.85. The fraction of sp³-hybridized carbons (Fsp3) is 0.120. The van der Waals surface area contributed by atoms with Gasteiger partial charge in [0.1, 0.15) is 5.76 Å². The zero-order valence-electron chi connectivity index (χ0n) is 18.6. The molecule has 7 nitrogen and oxygen atoms in total. The molecule has 0 bridgehead atoms. The summed E-state index contributed by atoms with van der Waals surface area (Å²) in [4.78, 5) is 19.8. The molecule has 0 fully saturated rings. The predicted molar refractivity (Wildman–Crippen MR) is 142 cm³/mol. The van der Waals surface area contributed by atoms with Crippen LogP contribution < -0.4 is 4.90 Å². The van der Waals surface area contributed by atoms with Gasteiger partial charge in [0.15, 0.2) is 5.13 Å². The van der Waals surface area contributed by atoms with Crippen LogP contribution in [0.4, 0.5) is 5.13 Å². The third-order valence-corrected chi connectivity index (χ3v) is 8.49. The number of carbonyl (C=O) groups excluding carboxylic acids is 1. The molecular weight excluding hydrogens is 550 g/mol. The zero-order chi connectivity index (χ0) is 25.0. The maximum atomic E-state index is 13.6. The van der Waals surface area contributed by atoms with Crippen LogP contribution in [0, 0.1) is 0 Å². The van der Waals surface area contributed by atoms with Crippen LogP contribution in [0.1, 0.15) is 16.1 Å². The third-order valence-electron chi connectivity index (χ3n) is 5.11. The van der Waals surface area contributed by atoms with Gasteiger partial charge < -0.3 is 4.42 Å². The Balaban J connectivity index is 1.67. The van der Waals surface area contributed by atoms with E-state index in [2.05, 4.69) is 34.1 Å². The molecule has 4 rings (SSSR count). The summed E-state index contributed by atoms with van der Waals surface area (Å²) in [6.07, 6.45) is 4.58. The molecule has 0 saturated carbocycles. The van der Waals surface area contributed by atoms with Crippen LogP contribution in [0.5, 0.6) is 0 Å². The number of amides is 1. The third kappa shape index (κ3) is 5.46. The average Bonchev–Trinajstić information content (AvgIpc) is 3.51. The van der Waals surface area contributed by atoms with Gasteiger partial charge in [-0.25, -0.2) is 13.4 Å². The van der Waals surface area contributed by atoms with Crippen LogP contribution >= 0.6 is 27.3 Å². The maximum absolute atomic E-state index is 13.6. The van der Waals surface area contributed by atoms with Gasteiger partial charge in [0.05, 0.1) is 27.9 Å². The van der Waals surface area contributed by atoms with E-state index in [9.17, 15) is 13.2 Å². The van der Waals surface area contributed by atoms with Crippen molar-refractivity contribution in [1.82, 2.24) is 9.29 Å².